The number of methoxy groups -OCH3 is 1. The first kappa shape index (κ1) is 27.4. The van der Waals surface area contributed by atoms with Crippen molar-refractivity contribution >= 4 is 32.7 Å². The number of hydrogen-bond donors (Lipinski definition) is 0. The summed E-state index contributed by atoms with van der Waals surface area (Å²) < 4.78 is 13.2. The molecule has 0 unspecified atom stereocenters. The molecule has 1 aromatic carbocycles. The zero-order chi connectivity index (χ0) is 25.7. The zero-order valence-corrected chi connectivity index (χ0v) is 24.6. The number of fused-ring (bicyclic) bond motifs is 1. The van der Waals surface area contributed by atoms with Gasteiger partial charge in [-0.3, -0.25) is 0 Å². The SMILES string of the molecule is CCCCCC1(CC)CCN(c2nc(OC3CCN(CC)CC3)nc3c(OC)c(Br)c(C)cc23)CC1. The lowest BCUT2D eigenvalue weighted by molar-refractivity contribution is 0.0959. The van der Waals surface area contributed by atoms with Crippen molar-refractivity contribution in [2.45, 2.75) is 91.6 Å². The molecule has 36 heavy (non-hydrogen) atoms. The summed E-state index contributed by atoms with van der Waals surface area (Å²) in [7, 11) is 1.72. The van der Waals surface area contributed by atoms with Crippen molar-refractivity contribution in [1.82, 2.24) is 14.9 Å². The van der Waals surface area contributed by atoms with Crippen LogP contribution in [0.25, 0.3) is 10.9 Å². The number of ether oxygens (including phenoxy) is 2. The lowest BCUT2D eigenvalue weighted by Gasteiger charge is -2.42. The topological polar surface area (TPSA) is 50.7 Å². The fraction of sp³-hybridized carbons (Fsp3) is 0.724. The molecule has 1 aromatic heterocycles. The van der Waals surface area contributed by atoms with Crippen molar-refractivity contribution in [3.05, 3.63) is 16.1 Å². The Labute approximate surface area is 226 Å². The molecular weight excluding hydrogens is 516 g/mol. The van der Waals surface area contributed by atoms with Crippen molar-refractivity contribution in [2.24, 2.45) is 5.41 Å². The van der Waals surface area contributed by atoms with Crippen LogP contribution >= 0.6 is 15.9 Å². The second-order valence-electron chi connectivity index (χ2n) is 10.8. The van der Waals surface area contributed by atoms with Crippen LogP contribution in [0.15, 0.2) is 10.5 Å². The molecule has 0 saturated carbocycles. The summed E-state index contributed by atoms with van der Waals surface area (Å²) in [5.41, 5.74) is 2.43. The van der Waals surface area contributed by atoms with Gasteiger partial charge in [0, 0.05) is 31.6 Å². The van der Waals surface area contributed by atoms with Crippen LogP contribution in [0.1, 0.15) is 84.1 Å². The standard InChI is InChI=1S/C29H45BrN4O2/c1-6-9-10-13-29(7-2)14-18-34(19-15-29)27-23-20-21(4)24(30)26(35-5)25(23)31-28(32-27)36-22-11-16-33(8-3)17-12-22/h20,22H,6-19H2,1-5H3. The second kappa shape index (κ2) is 12.3. The molecule has 200 valence electrons. The van der Waals surface area contributed by atoms with Crippen molar-refractivity contribution in [1.29, 1.82) is 0 Å². The summed E-state index contributed by atoms with van der Waals surface area (Å²) in [4.78, 5) is 14.9. The third-order valence-electron chi connectivity index (χ3n) is 8.67. The van der Waals surface area contributed by atoms with Crippen LogP contribution in [-0.4, -0.2) is 60.8 Å². The normalized spacial score (nSPS) is 19.1. The highest BCUT2D eigenvalue weighted by Crippen LogP contribution is 2.44. The van der Waals surface area contributed by atoms with Crippen molar-refractivity contribution in [3.8, 4) is 11.8 Å². The molecule has 3 heterocycles. The van der Waals surface area contributed by atoms with Gasteiger partial charge < -0.3 is 19.3 Å². The van der Waals surface area contributed by atoms with Crippen LogP contribution in [0.2, 0.25) is 0 Å². The predicted octanol–water partition coefficient (Wildman–Crippen LogP) is 7.15. The van der Waals surface area contributed by atoms with Gasteiger partial charge in [-0.2, -0.15) is 9.97 Å². The van der Waals surface area contributed by atoms with Crippen LogP contribution in [-0.2, 0) is 0 Å². The zero-order valence-electron chi connectivity index (χ0n) is 23.0. The molecule has 0 aliphatic carbocycles. The van der Waals surface area contributed by atoms with E-state index in [1.807, 2.05) is 0 Å². The van der Waals surface area contributed by atoms with Gasteiger partial charge in [0.1, 0.15) is 17.4 Å². The first-order chi connectivity index (χ1) is 17.4. The van der Waals surface area contributed by atoms with Gasteiger partial charge in [0.05, 0.1) is 11.6 Å². The lowest BCUT2D eigenvalue weighted by atomic mass is 9.72. The quantitative estimate of drug-likeness (QED) is 0.287. The highest BCUT2D eigenvalue weighted by molar-refractivity contribution is 9.10. The van der Waals surface area contributed by atoms with Crippen molar-refractivity contribution in [2.75, 3.05) is 44.7 Å². The molecule has 2 aromatic rings. The number of halogens is 1. The molecular formula is C29H45BrN4O2. The Morgan fingerprint density at radius 1 is 1.06 bits per heavy atom. The number of nitrogens with zero attached hydrogens (tertiary/aromatic N) is 4. The minimum atomic E-state index is 0.158. The average Bonchev–Trinajstić information content (AvgIpc) is 2.90. The molecule has 6 nitrogen and oxygen atoms in total. The Balaban J connectivity index is 1.64. The number of anilines is 1. The van der Waals surface area contributed by atoms with E-state index in [-0.39, 0.29) is 6.10 Å². The Kier molecular flexibility index (Phi) is 9.37. The summed E-state index contributed by atoms with van der Waals surface area (Å²) in [5, 5.41) is 1.05. The Hall–Kier alpha value is -1.60. The summed E-state index contributed by atoms with van der Waals surface area (Å²) in [6.07, 6.45) is 11.2. The molecule has 4 rings (SSSR count). The van der Waals surface area contributed by atoms with E-state index < -0.39 is 0 Å². The smallest absolute Gasteiger partial charge is 0.319 e. The van der Waals surface area contributed by atoms with E-state index in [0.717, 1.165) is 78.1 Å². The molecule has 7 heteroatoms. The largest absolute Gasteiger partial charge is 0.493 e. The average molecular weight is 562 g/mol. The third-order valence-corrected chi connectivity index (χ3v) is 9.65. The van der Waals surface area contributed by atoms with Crippen LogP contribution in [0, 0.1) is 12.3 Å². The van der Waals surface area contributed by atoms with Gasteiger partial charge in [-0.05, 0) is 78.5 Å². The van der Waals surface area contributed by atoms with E-state index in [9.17, 15) is 0 Å². The number of hydrogen-bond acceptors (Lipinski definition) is 6. The van der Waals surface area contributed by atoms with Gasteiger partial charge in [0.25, 0.3) is 0 Å². The number of likely N-dealkylation sites (tertiary alicyclic amines) is 1. The predicted molar refractivity (Wildman–Crippen MR) is 153 cm³/mol. The highest BCUT2D eigenvalue weighted by Gasteiger charge is 2.34. The van der Waals surface area contributed by atoms with Crippen molar-refractivity contribution in [3.63, 3.8) is 0 Å². The van der Waals surface area contributed by atoms with E-state index in [1.165, 1.54) is 44.9 Å². The number of aromatic nitrogens is 2. The maximum Gasteiger partial charge on any atom is 0.319 e. The molecule has 0 radical (unpaired) electrons. The summed E-state index contributed by atoms with van der Waals surface area (Å²) >= 11 is 3.73. The molecule has 0 spiro atoms. The molecule has 2 aliphatic rings. The highest BCUT2D eigenvalue weighted by atomic mass is 79.9. The van der Waals surface area contributed by atoms with Crippen LogP contribution in [0.5, 0.6) is 11.8 Å². The monoisotopic (exact) mass is 560 g/mol. The number of benzene rings is 1. The van der Waals surface area contributed by atoms with Crippen LogP contribution in [0.4, 0.5) is 5.82 Å². The number of piperidine rings is 2. The molecule has 0 bridgehead atoms. The van der Waals surface area contributed by atoms with Gasteiger partial charge in [-0.15, -0.1) is 0 Å². The van der Waals surface area contributed by atoms with Crippen LogP contribution in [0.3, 0.4) is 0 Å². The summed E-state index contributed by atoms with van der Waals surface area (Å²) in [6.45, 7) is 14.3. The molecule has 2 fully saturated rings. The molecule has 0 N–H and O–H groups in total. The lowest BCUT2D eigenvalue weighted by Crippen LogP contribution is -2.40. The minimum absolute atomic E-state index is 0.158. The summed E-state index contributed by atoms with van der Waals surface area (Å²) in [5.74, 6) is 1.76. The van der Waals surface area contributed by atoms with Gasteiger partial charge in [-0.1, -0.05) is 46.5 Å². The third kappa shape index (κ3) is 5.93. The van der Waals surface area contributed by atoms with Crippen LogP contribution < -0.4 is 14.4 Å². The molecule has 0 atom stereocenters. The summed E-state index contributed by atoms with van der Waals surface area (Å²) in [6, 6.07) is 2.68. The Bertz CT molecular complexity index is 1010. The first-order valence-electron chi connectivity index (χ1n) is 14.1. The number of aryl methyl sites for hydroxylation is 1. The van der Waals surface area contributed by atoms with Gasteiger partial charge in [-0.25, -0.2) is 0 Å². The molecule has 0 amide bonds. The maximum absolute atomic E-state index is 6.44. The van der Waals surface area contributed by atoms with E-state index in [0.29, 0.717) is 11.4 Å². The number of unbranched alkanes of at least 4 members (excludes halogenated alkanes) is 2. The van der Waals surface area contributed by atoms with E-state index in [2.05, 4.69) is 59.5 Å². The van der Waals surface area contributed by atoms with E-state index in [4.69, 9.17) is 19.4 Å². The second-order valence-corrected chi connectivity index (χ2v) is 11.6. The first-order valence-corrected chi connectivity index (χ1v) is 14.9. The Morgan fingerprint density at radius 3 is 2.39 bits per heavy atom. The molecule has 2 aliphatic heterocycles. The van der Waals surface area contributed by atoms with Gasteiger partial charge in [0.15, 0.2) is 5.75 Å². The maximum atomic E-state index is 6.44. The van der Waals surface area contributed by atoms with E-state index >= 15 is 0 Å². The molecule has 2 saturated heterocycles. The van der Waals surface area contributed by atoms with E-state index in [1.54, 1.807) is 7.11 Å². The minimum Gasteiger partial charge on any atom is -0.493 e. The van der Waals surface area contributed by atoms with Gasteiger partial charge in [0.2, 0.25) is 0 Å². The van der Waals surface area contributed by atoms with Gasteiger partial charge >= 0.3 is 6.01 Å². The fourth-order valence-electron chi connectivity index (χ4n) is 6.00. The fourth-order valence-corrected chi connectivity index (χ4v) is 6.47. The van der Waals surface area contributed by atoms with Crippen molar-refractivity contribution < 1.29 is 9.47 Å². The number of rotatable bonds is 10. The Morgan fingerprint density at radius 2 is 1.78 bits per heavy atom.